The molecule has 0 bridgehead atoms. The normalized spacial score (nSPS) is 15.2. The topological polar surface area (TPSA) is 75.3 Å². The number of hydrogen-bond donors (Lipinski definition) is 3. The summed E-state index contributed by atoms with van der Waals surface area (Å²) in [5.41, 5.74) is 5.24. The maximum absolute atomic E-state index is 12.1. The predicted molar refractivity (Wildman–Crippen MR) is 75.2 cm³/mol. The van der Waals surface area contributed by atoms with E-state index in [0.717, 1.165) is 32.1 Å². The van der Waals surface area contributed by atoms with Gasteiger partial charge in [-0.2, -0.15) is 0 Å². The fourth-order valence-electron chi connectivity index (χ4n) is 1.95. The van der Waals surface area contributed by atoms with Crippen molar-refractivity contribution in [2.45, 2.75) is 71.4 Å². The first kappa shape index (κ1) is 17.4. The molecule has 0 radical (unpaired) electrons. The van der Waals surface area contributed by atoms with Crippen molar-refractivity contribution in [3.05, 3.63) is 0 Å². The van der Waals surface area contributed by atoms with Crippen LogP contribution in [0.2, 0.25) is 0 Å². The summed E-state index contributed by atoms with van der Waals surface area (Å²) in [5, 5.41) is 12.4. The quantitative estimate of drug-likeness (QED) is 0.590. The average Bonchev–Trinajstić information content (AvgIpc) is 2.35. The van der Waals surface area contributed by atoms with Crippen LogP contribution >= 0.6 is 0 Å². The van der Waals surface area contributed by atoms with Crippen LogP contribution in [0, 0.1) is 5.92 Å². The van der Waals surface area contributed by atoms with Crippen LogP contribution in [-0.2, 0) is 4.79 Å². The van der Waals surface area contributed by atoms with Crippen LogP contribution in [-0.4, -0.2) is 29.2 Å². The molecule has 0 saturated heterocycles. The molecule has 0 aromatic rings. The number of rotatable bonds is 9. The minimum absolute atomic E-state index is 0.00169. The van der Waals surface area contributed by atoms with E-state index < -0.39 is 5.54 Å². The highest BCUT2D eigenvalue weighted by molar-refractivity contribution is 5.79. The number of aliphatic hydroxyl groups excluding tert-OH is 1. The second-order valence-electron chi connectivity index (χ2n) is 5.44. The number of aliphatic hydroxyl groups is 1. The Morgan fingerprint density at radius 1 is 1.28 bits per heavy atom. The van der Waals surface area contributed by atoms with Gasteiger partial charge in [-0.25, -0.2) is 0 Å². The fraction of sp³-hybridized carbons (Fsp3) is 0.929. The van der Waals surface area contributed by atoms with Crippen molar-refractivity contribution in [2.24, 2.45) is 11.7 Å². The Bertz CT molecular complexity index is 230. The molecule has 108 valence electrons. The predicted octanol–water partition coefficient (Wildman–Crippen LogP) is 1.81. The van der Waals surface area contributed by atoms with E-state index in [4.69, 9.17) is 5.73 Å². The Hall–Kier alpha value is -0.610. The summed E-state index contributed by atoms with van der Waals surface area (Å²) in [5.74, 6) is 0.0187. The van der Waals surface area contributed by atoms with Gasteiger partial charge in [0.15, 0.2) is 0 Å². The van der Waals surface area contributed by atoms with Crippen LogP contribution in [0.15, 0.2) is 0 Å². The Morgan fingerprint density at radius 3 is 2.22 bits per heavy atom. The highest BCUT2D eigenvalue weighted by atomic mass is 16.3. The van der Waals surface area contributed by atoms with Gasteiger partial charge in [0.25, 0.3) is 0 Å². The zero-order valence-electron chi connectivity index (χ0n) is 12.3. The molecule has 0 rings (SSSR count). The Morgan fingerprint density at radius 2 is 1.83 bits per heavy atom. The minimum Gasteiger partial charge on any atom is -0.394 e. The molecular formula is C14H30N2O2. The molecule has 0 spiro atoms. The van der Waals surface area contributed by atoms with Crippen LogP contribution in [0.25, 0.3) is 0 Å². The third kappa shape index (κ3) is 5.83. The molecular weight excluding hydrogens is 228 g/mol. The summed E-state index contributed by atoms with van der Waals surface area (Å²) >= 11 is 0. The lowest BCUT2D eigenvalue weighted by atomic mass is 9.92. The summed E-state index contributed by atoms with van der Waals surface area (Å²) in [7, 11) is 0. The minimum atomic E-state index is -0.452. The molecule has 4 nitrogen and oxygen atoms in total. The van der Waals surface area contributed by atoms with Gasteiger partial charge in [0, 0.05) is 12.0 Å². The smallest absolute Gasteiger partial charge is 0.223 e. The lowest BCUT2D eigenvalue weighted by Crippen LogP contribution is -2.52. The van der Waals surface area contributed by atoms with Gasteiger partial charge in [-0.3, -0.25) is 4.79 Å². The Kier molecular flexibility index (Phi) is 8.20. The van der Waals surface area contributed by atoms with Gasteiger partial charge in [-0.1, -0.05) is 27.2 Å². The van der Waals surface area contributed by atoms with E-state index in [2.05, 4.69) is 5.32 Å². The number of amides is 1. The standard InChI is InChI=1S/C14H30N2O2/c1-5-14(6-2,10-17)16-13(18)11(3)8-7-9-12(4)15/h11-12,17H,5-10,15H2,1-4H3,(H,16,18). The summed E-state index contributed by atoms with van der Waals surface area (Å²) < 4.78 is 0. The molecule has 4 heteroatoms. The van der Waals surface area contributed by atoms with Gasteiger partial charge in [-0.05, 0) is 32.6 Å². The van der Waals surface area contributed by atoms with Crippen molar-refractivity contribution in [2.75, 3.05) is 6.61 Å². The lowest BCUT2D eigenvalue weighted by Gasteiger charge is -2.32. The molecule has 0 aliphatic carbocycles. The molecule has 0 aliphatic heterocycles. The SMILES string of the molecule is CCC(CC)(CO)NC(=O)C(C)CCCC(C)N. The Labute approximate surface area is 111 Å². The summed E-state index contributed by atoms with van der Waals surface area (Å²) in [6, 6.07) is 0.197. The van der Waals surface area contributed by atoms with Gasteiger partial charge in [0.1, 0.15) is 0 Å². The van der Waals surface area contributed by atoms with E-state index in [1.54, 1.807) is 0 Å². The number of nitrogens with two attached hydrogens (primary N) is 1. The van der Waals surface area contributed by atoms with Crippen molar-refractivity contribution in [1.29, 1.82) is 0 Å². The second-order valence-corrected chi connectivity index (χ2v) is 5.44. The van der Waals surface area contributed by atoms with E-state index in [1.165, 1.54) is 0 Å². The lowest BCUT2D eigenvalue weighted by molar-refractivity contribution is -0.127. The van der Waals surface area contributed by atoms with Crippen molar-refractivity contribution in [3.8, 4) is 0 Å². The van der Waals surface area contributed by atoms with Crippen molar-refractivity contribution in [1.82, 2.24) is 5.32 Å². The van der Waals surface area contributed by atoms with E-state index in [0.29, 0.717) is 0 Å². The molecule has 2 unspecified atom stereocenters. The number of carbonyl (C=O) groups excluding carboxylic acids is 1. The van der Waals surface area contributed by atoms with Crippen molar-refractivity contribution in [3.63, 3.8) is 0 Å². The Balaban J connectivity index is 4.21. The third-order valence-corrected chi connectivity index (χ3v) is 3.79. The van der Waals surface area contributed by atoms with Crippen LogP contribution in [0.4, 0.5) is 0 Å². The first-order valence-electron chi connectivity index (χ1n) is 7.09. The van der Waals surface area contributed by atoms with Gasteiger partial charge >= 0.3 is 0 Å². The average molecular weight is 258 g/mol. The second kappa shape index (κ2) is 8.48. The number of carbonyl (C=O) groups is 1. The molecule has 18 heavy (non-hydrogen) atoms. The first-order valence-corrected chi connectivity index (χ1v) is 7.09. The molecule has 0 aromatic heterocycles. The third-order valence-electron chi connectivity index (χ3n) is 3.79. The van der Waals surface area contributed by atoms with Gasteiger partial charge in [0.05, 0.1) is 12.1 Å². The largest absolute Gasteiger partial charge is 0.394 e. The van der Waals surface area contributed by atoms with E-state index >= 15 is 0 Å². The fourth-order valence-corrected chi connectivity index (χ4v) is 1.95. The molecule has 0 saturated carbocycles. The van der Waals surface area contributed by atoms with E-state index in [9.17, 15) is 9.90 Å². The molecule has 4 N–H and O–H groups in total. The van der Waals surface area contributed by atoms with Gasteiger partial charge in [0.2, 0.25) is 5.91 Å². The van der Waals surface area contributed by atoms with Gasteiger partial charge < -0.3 is 16.2 Å². The van der Waals surface area contributed by atoms with E-state index in [-0.39, 0.29) is 24.5 Å². The number of nitrogens with one attached hydrogen (secondary N) is 1. The molecule has 0 aromatic carbocycles. The summed E-state index contributed by atoms with van der Waals surface area (Å²) in [6.45, 7) is 7.89. The maximum atomic E-state index is 12.1. The van der Waals surface area contributed by atoms with Crippen molar-refractivity contribution < 1.29 is 9.90 Å². The first-order chi connectivity index (χ1) is 8.40. The maximum Gasteiger partial charge on any atom is 0.223 e. The summed E-state index contributed by atoms with van der Waals surface area (Å²) in [6.07, 6.45) is 4.26. The van der Waals surface area contributed by atoms with Crippen LogP contribution in [0.1, 0.15) is 59.8 Å². The zero-order chi connectivity index (χ0) is 14.2. The number of hydrogen-bond acceptors (Lipinski definition) is 3. The molecule has 1 amide bonds. The summed E-state index contributed by atoms with van der Waals surface area (Å²) in [4.78, 5) is 12.1. The van der Waals surface area contributed by atoms with Crippen LogP contribution in [0.5, 0.6) is 0 Å². The monoisotopic (exact) mass is 258 g/mol. The molecule has 2 atom stereocenters. The molecule has 0 heterocycles. The highest BCUT2D eigenvalue weighted by Gasteiger charge is 2.28. The zero-order valence-corrected chi connectivity index (χ0v) is 12.3. The molecule has 0 fully saturated rings. The van der Waals surface area contributed by atoms with Crippen molar-refractivity contribution >= 4 is 5.91 Å². The van der Waals surface area contributed by atoms with Crippen LogP contribution < -0.4 is 11.1 Å². The van der Waals surface area contributed by atoms with E-state index in [1.807, 2.05) is 27.7 Å². The molecule has 0 aliphatic rings. The van der Waals surface area contributed by atoms with Gasteiger partial charge in [-0.15, -0.1) is 0 Å². The van der Waals surface area contributed by atoms with Crippen LogP contribution in [0.3, 0.4) is 0 Å². The highest BCUT2D eigenvalue weighted by Crippen LogP contribution is 2.17.